The molecular weight excluding hydrogens is 288 g/mol. The highest BCUT2D eigenvalue weighted by Crippen LogP contribution is 2.16. The van der Waals surface area contributed by atoms with Crippen LogP contribution in [0.15, 0.2) is 36.7 Å². The Morgan fingerprint density at radius 2 is 2.33 bits per heavy atom. The number of piperazine rings is 1. The molecule has 110 valence electrons. The number of amides is 1. The molecule has 1 fully saturated rings. The average molecular weight is 305 g/mol. The molecule has 1 N–H and O–H groups in total. The van der Waals surface area contributed by atoms with Crippen LogP contribution in [0.5, 0.6) is 0 Å². The second-order valence-corrected chi connectivity index (χ2v) is 5.64. The highest BCUT2D eigenvalue weighted by Gasteiger charge is 2.24. The summed E-state index contributed by atoms with van der Waals surface area (Å²) in [6, 6.07) is 7.58. The number of aromatic nitrogens is 2. The van der Waals surface area contributed by atoms with E-state index >= 15 is 0 Å². The van der Waals surface area contributed by atoms with Crippen molar-refractivity contribution in [2.75, 3.05) is 19.6 Å². The summed E-state index contributed by atoms with van der Waals surface area (Å²) in [6.45, 7) is 4.43. The van der Waals surface area contributed by atoms with Crippen molar-refractivity contribution < 1.29 is 4.79 Å². The first-order chi connectivity index (χ1) is 10.1. The van der Waals surface area contributed by atoms with Crippen LogP contribution in [0.25, 0.3) is 5.69 Å². The predicted octanol–water partition coefficient (Wildman–Crippen LogP) is 1.96. The Morgan fingerprint density at radius 3 is 3.10 bits per heavy atom. The SMILES string of the molecule is C[C@H]1CNCCN1C(=O)c1cnn(-c2cccc(Cl)c2)c1. The van der Waals surface area contributed by atoms with Crippen molar-refractivity contribution in [1.29, 1.82) is 0 Å². The van der Waals surface area contributed by atoms with Crippen LogP contribution in [-0.2, 0) is 0 Å². The van der Waals surface area contributed by atoms with Crippen molar-refractivity contribution in [2.24, 2.45) is 0 Å². The Kier molecular flexibility index (Phi) is 3.94. The summed E-state index contributed by atoms with van der Waals surface area (Å²) in [5, 5.41) is 8.19. The molecule has 0 bridgehead atoms. The van der Waals surface area contributed by atoms with Crippen LogP contribution in [0.4, 0.5) is 0 Å². The van der Waals surface area contributed by atoms with Gasteiger partial charge in [0.2, 0.25) is 0 Å². The summed E-state index contributed by atoms with van der Waals surface area (Å²) in [4.78, 5) is 14.4. The first-order valence-corrected chi connectivity index (χ1v) is 7.35. The van der Waals surface area contributed by atoms with Gasteiger partial charge < -0.3 is 10.2 Å². The summed E-state index contributed by atoms with van der Waals surface area (Å²) in [5.41, 5.74) is 1.44. The van der Waals surface area contributed by atoms with E-state index in [0.29, 0.717) is 10.6 Å². The van der Waals surface area contributed by atoms with Gasteiger partial charge in [0, 0.05) is 36.9 Å². The number of nitrogens with one attached hydrogen (secondary N) is 1. The second-order valence-electron chi connectivity index (χ2n) is 5.21. The van der Waals surface area contributed by atoms with E-state index in [-0.39, 0.29) is 11.9 Å². The minimum atomic E-state index is 0.0253. The first-order valence-electron chi connectivity index (χ1n) is 6.97. The molecule has 1 amide bonds. The molecule has 2 aromatic rings. The summed E-state index contributed by atoms with van der Waals surface area (Å²) < 4.78 is 1.67. The van der Waals surface area contributed by atoms with Crippen LogP contribution in [0, 0.1) is 0 Å². The van der Waals surface area contributed by atoms with Gasteiger partial charge in [-0.25, -0.2) is 4.68 Å². The van der Waals surface area contributed by atoms with Gasteiger partial charge in [-0.3, -0.25) is 4.79 Å². The molecule has 1 atom stereocenters. The molecule has 1 aliphatic rings. The van der Waals surface area contributed by atoms with E-state index in [1.165, 1.54) is 0 Å². The van der Waals surface area contributed by atoms with E-state index < -0.39 is 0 Å². The Labute approximate surface area is 128 Å². The Hall–Kier alpha value is -1.85. The first kappa shape index (κ1) is 14.1. The van der Waals surface area contributed by atoms with Crippen LogP contribution >= 0.6 is 11.6 Å². The van der Waals surface area contributed by atoms with Crippen molar-refractivity contribution in [2.45, 2.75) is 13.0 Å². The van der Waals surface area contributed by atoms with Gasteiger partial charge in [-0.1, -0.05) is 17.7 Å². The summed E-state index contributed by atoms with van der Waals surface area (Å²) in [6.07, 6.45) is 3.36. The number of nitrogens with zero attached hydrogens (tertiary/aromatic N) is 3. The smallest absolute Gasteiger partial charge is 0.257 e. The minimum absolute atomic E-state index is 0.0253. The molecular formula is C15H17ClN4O. The number of carbonyl (C=O) groups is 1. The van der Waals surface area contributed by atoms with Crippen molar-refractivity contribution in [1.82, 2.24) is 20.0 Å². The van der Waals surface area contributed by atoms with Gasteiger partial charge in [-0.2, -0.15) is 5.10 Å². The molecule has 0 radical (unpaired) electrons. The number of benzene rings is 1. The summed E-state index contributed by atoms with van der Waals surface area (Å²) >= 11 is 5.98. The van der Waals surface area contributed by atoms with Crippen LogP contribution < -0.4 is 5.32 Å². The summed E-state index contributed by atoms with van der Waals surface area (Å²) in [7, 11) is 0. The van der Waals surface area contributed by atoms with Crippen molar-refractivity contribution in [3.8, 4) is 5.69 Å². The zero-order valence-corrected chi connectivity index (χ0v) is 12.5. The lowest BCUT2D eigenvalue weighted by Crippen LogP contribution is -2.52. The zero-order chi connectivity index (χ0) is 14.8. The predicted molar refractivity (Wildman–Crippen MR) is 81.9 cm³/mol. The molecule has 21 heavy (non-hydrogen) atoms. The fraction of sp³-hybridized carbons (Fsp3) is 0.333. The third kappa shape index (κ3) is 2.94. The number of hydrogen-bond acceptors (Lipinski definition) is 3. The quantitative estimate of drug-likeness (QED) is 0.923. The van der Waals surface area contributed by atoms with Crippen LogP contribution in [0.2, 0.25) is 5.02 Å². The van der Waals surface area contributed by atoms with E-state index in [0.717, 1.165) is 25.3 Å². The fourth-order valence-corrected chi connectivity index (χ4v) is 2.69. The maximum atomic E-state index is 12.5. The Balaban J connectivity index is 1.83. The molecule has 3 rings (SSSR count). The number of carbonyl (C=O) groups excluding carboxylic acids is 1. The van der Waals surface area contributed by atoms with Crippen LogP contribution in [0.1, 0.15) is 17.3 Å². The fourth-order valence-electron chi connectivity index (χ4n) is 2.50. The number of hydrogen-bond donors (Lipinski definition) is 1. The molecule has 0 aliphatic carbocycles. The lowest BCUT2D eigenvalue weighted by Gasteiger charge is -2.33. The molecule has 0 saturated carbocycles. The van der Waals surface area contributed by atoms with Gasteiger partial charge in [0.25, 0.3) is 5.91 Å². The topological polar surface area (TPSA) is 50.2 Å². The standard InChI is InChI=1S/C15H17ClN4O/c1-11-8-17-5-6-19(11)15(21)12-9-18-20(10-12)14-4-2-3-13(16)7-14/h2-4,7,9-11,17H,5-6,8H2,1H3/t11-/m0/s1. The van der Waals surface area contributed by atoms with Crippen LogP contribution in [0.3, 0.4) is 0 Å². The van der Waals surface area contributed by atoms with E-state index in [1.54, 1.807) is 17.1 Å². The van der Waals surface area contributed by atoms with Gasteiger partial charge >= 0.3 is 0 Å². The third-order valence-electron chi connectivity index (χ3n) is 3.66. The van der Waals surface area contributed by atoms with E-state index in [9.17, 15) is 4.79 Å². The zero-order valence-electron chi connectivity index (χ0n) is 11.8. The molecule has 5 nitrogen and oxygen atoms in total. The molecule has 0 unspecified atom stereocenters. The van der Waals surface area contributed by atoms with Crippen molar-refractivity contribution in [3.05, 3.63) is 47.2 Å². The molecule has 6 heteroatoms. The Bertz CT molecular complexity index is 655. The largest absolute Gasteiger partial charge is 0.333 e. The molecule has 2 heterocycles. The Morgan fingerprint density at radius 1 is 1.48 bits per heavy atom. The second kappa shape index (κ2) is 5.87. The van der Waals surface area contributed by atoms with Gasteiger partial charge in [0.15, 0.2) is 0 Å². The van der Waals surface area contributed by atoms with Gasteiger partial charge in [-0.05, 0) is 25.1 Å². The molecule has 1 aromatic heterocycles. The van der Waals surface area contributed by atoms with Gasteiger partial charge in [0.1, 0.15) is 0 Å². The summed E-state index contributed by atoms with van der Waals surface area (Å²) in [5.74, 6) is 0.0253. The maximum absolute atomic E-state index is 12.5. The van der Waals surface area contributed by atoms with Crippen LogP contribution in [-0.4, -0.2) is 46.3 Å². The van der Waals surface area contributed by atoms with Gasteiger partial charge in [-0.15, -0.1) is 0 Å². The van der Waals surface area contributed by atoms with Gasteiger partial charge in [0.05, 0.1) is 17.4 Å². The molecule has 0 spiro atoms. The average Bonchev–Trinajstić information content (AvgIpc) is 2.97. The normalized spacial score (nSPS) is 18.8. The highest BCUT2D eigenvalue weighted by atomic mass is 35.5. The monoisotopic (exact) mass is 304 g/mol. The molecule has 1 saturated heterocycles. The number of rotatable bonds is 2. The van der Waals surface area contributed by atoms with E-state index in [2.05, 4.69) is 10.4 Å². The van der Waals surface area contributed by atoms with Crippen molar-refractivity contribution >= 4 is 17.5 Å². The van der Waals surface area contributed by atoms with E-state index in [4.69, 9.17) is 11.6 Å². The minimum Gasteiger partial charge on any atom is -0.333 e. The van der Waals surface area contributed by atoms with E-state index in [1.807, 2.05) is 36.1 Å². The lowest BCUT2D eigenvalue weighted by molar-refractivity contribution is 0.0656. The molecule has 1 aliphatic heterocycles. The highest BCUT2D eigenvalue weighted by molar-refractivity contribution is 6.30. The number of halogens is 1. The molecule has 1 aromatic carbocycles. The maximum Gasteiger partial charge on any atom is 0.257 e. The third-order valence-corrected chi connectivity index (χ3v) is 3.90. The lowest BCUT2D eigenvalue weighted by atomic mass is 10.2. The van der Waals surface area contributed by atoms with Crippen molar-refractivity contribution in [3.63, 3.8) is 0 Å².